The first-order chi connectivity index (χ1) is 9.06. The van der Waals surface area contributed by atoms with E-state index in [1.165, 1.54) is 24.7 Å². The van der Waals surface area contributed by atoms with Gasteiger partial charge in [-0.15, -0.1) is 11.3 Å². The molecular formula is C13H19N3O2S. The maximum absolute atomic E-state index is 12.2. The third kappa shape index (κ3) is 3.76. The van der Waals surface area contributed by atoms with Gasteiger partial charge in [0.05, 0.1) is 12.1 Å². The molecule has 1 atom stereocenters. The first-order valence-electron chi connectivity index (χ1n) is 6.57. The van der Waals surface area contributed by atoms with E-state index < -0.39 is 0 Å². The summed E-state index contributed by atoms with van der Waals surface area (Å²) in [5.41, 5.74) is 0.733. The number of nitrogens with one attached hydrogen (secondary N) is 1. The van der Waals surface area contributed by atoms with Gasteiger partial charge >= 0.3 is 0 Å². The van der Waals surface area contributed by atoms with Crippen LogP contribution in [0.1, 0.15) is 38.8 Å². The van der Waals surface area contributed by atoms with Gasteiger partial charge in [0.2, 0.25) is 11.8 Å². The molecule has 0 saturated carbocycles. The molecule has 1 unspecified atom stereocenters. The lowest BCUT2D eigenvalue weighted by atomic mass is 10.0. The highest BCUT2D eigenvalue weighted by Crippen LogP contribution is 2.20. The molecule has 104 valence electrons. The molecule has 1 aliphatic rings. The summed E-state index contributed by atoms with van der Waals surface area (Å²) in [6.07, 6.45) is 3.69. The average molecular weight is 281 g/mol. The number of carbonyl (C=O) groups excluding carboxylic acids is 2. The summed E-state index contributed by atoms with van der Waals surface area (Å²) < 4.78 is 0. The molecule has 5 nitrogen and oxygen atoms in total. The number of nitrogens with zero attached hydrogens (tertiary/aromatic N) is 2. The predicted octanol–water partition coefficient (Wildman–Crippen LogP) is 2.04. The molecule has 1 aromatic heterocycles. The van der Waals surface area contributed by atoms with Crippen LogP contribution in [0.25, 0.3) is 0 Å². The van der Waals surface area contributed by atoms with Gasteiger partial charge in [-0.25, -0.2) is 4.98 Å². The Morgan fingerprint density at radius 3 is 3.00 bits per heavy atom. The zero-order valence-electron chi connectivity index (χ0n) is 11.3. The fraction of sp³-hybridized carbons (Fsp3) is 0.615. The molecule has 0 spiro atoms. The Morgan fingerprint density at radius 1 is 1.53 bits per heavy atom. The summed E-state index contributed by atoms with van der Waals surface area (Å²) in [5, 5.41) is 5.02. The SMILES string of the molecule is CC(=O)Nc1nc(CC(=O)N2CCCCC2C)cs1. The second kappa shape index (κ2) is 6.14. The molecule has 1 saturated heterocycles. The van der Waals surface area contributed by atoms with Crippen molar-refractivity contribution in [3.8, 4) is 0 Å². The van der Waals surface area contributed by atoms with Crippen molar-refractivity contribution in [3.63, 3.8) is 0 Å². The van der Waals surface area contributed by atoms with E-state index in [1.807, 2.05) is 10.3 Å². The average Bonchev–Trinajstić information content (AvgIpc) is 2.76. The predicted molar refractivity (Wildman–Crippen MR) is 75.1 cm³/mol. The van der Waals surface area contributed by atoms with Gasteiger partial charge in [-0.1, -0.05) is 0 Å². The molecule has 6 heteroatoms. The zero-order valence-corrected chi connectivity index (χ0v) is 12.1. The number of aromatic nitrogens is 1. The molecule has 2 rings (SSSR count). The quantitative estimate of drug-likeness (QED) is 0.922. The summed E-state index contributed by atoms with van der Waals surface area (Å²) in [5.74, 6) is -0.0104. The van der Waals surface area contributed by atoms with Crippen molar-refractivity contribution >= 4 is 28.3 Å². The van der Waals surface area contributed by atoms with Gasteiger partial charge in [-0.2, -0.15) is 0 Å². The molecule has 1 aromatic rings. The standard InChI is InChI=1S/C13H19N3O2S/c1-9-5-3-4-6-16(9)12(18)7-11-8-19-13(15-11)14-10(2)17/h8-9H,3-7H2,1-2H3,(H,14,15,17). The van der Waals surface area contributed by atoms with Gasteiger partial charge in [0.1, 0.15) is 0 Å². The number of piperidine rings is 1. The van der Waals surface area contributed by atoms with Crippen LogP contribution in [0.2, 0.25) is 0 Å². The molecule has 2 amide bonds. The van der Waals surface area contributed by atoms with E-state index in [0.717, 1.165) is 25.1 Å². The molecular weight excluding hydrogens is 262 g/mol. The fourth-order valence-corrected chi connectivity index (χ4v) is 3.08. The lowest BCUT2D eigenvalue weighted by molar-refractivity contribution is -0.133. The first-order valence-corrected chi connectivity index (χ1v) is 7.45. The Kier molecular flexibility index (Phi) is 4.52. The highest BCUT2D eigenvalue weighted by Gasteiger charge is 2.23. The largest absolute Gasteiger partial charge is 0.340 e. The number of hydrogen-bond acceptors (Lipinski definition) is 4. The molecule has 1 N–H and O–H groups in total. The number of carbonyl (C=O) groups is 2. The van der Waals surface area contributed by atoms with E-state index >= 15 is 0 Å². The molecule has 19 heavy (non-hydrogen) atoms. The number of likely N-dealkylation sites (tertiary alicyclic amines) is 1. The summed E-state index contributed by atoms with van der Waals surface area (Å²) >= 11 is 1.35. The second-order valence-electron chi connectivity index (χ2n) is 4.93. The van der Waals surface area contributed by atoms with Gasteiger partial charge in [0, 0.05) is 24.9 Å². The van der Waals surface area contributed by atoms with E-state index in [2.05, 4.69) is 17.2 Å². The van der Waals surface area contributed by atoms with Crippen molar-refractivity contribution in [1.82, 2.24) is 9.88 Å². The summed E-state index contributed by atoms with van der Waals surface area (Å²) in [4.78, 5) is 29.3. The molecule has 0 aliphatic carbocycles. The maximum Gasteiger partial charge on any atom is 0.228 e. The van der Waals surface area contributed by atoms with Crippen LogP contribution >= 0.6 is 11.3 Å². The second-order valence-corrected chi connectivity index (χ2v) is 5.79. The van der Waals surface area contributed by atoms with E-state index in [-0.39, 0.29) is 11.8 Å². The van der Waals surface area contributed by atoms with Gasteiger partial charge in [0.15, 0.2) is 5.13 Å². The number of anilines is 1. The van der Waals surface area contributed by atoms with Crippen LogP contribution in [0.3, 0.4) is 0 Å². The Morgan fingerprint density at radius 2 is 2.32 bits per heavy atom. The van der Waals surface area contributed by atoms with Crippen LogP contribution in [0, 0.1) is 0 Å². The van der Waals surface area contributed by atoms with Gasteiger partial charge in [-0.3, -0.25) is 9.59 Å². The molecule has 0 bridgehead atoms. The van der Waals surface area contributed by atoms with Gasteiger partial charge < -0.3 is 10.2 Å². The van der Waals surface area contributed by atoms with Crippen LogP contribution in [0.4, 0.5) is 5.13 Å². The van der Waals surface area contributed by atoms with Crippen LogP contribution in [-0.2, 0) is 16.0 Å². The topological polar surface area (TPSA) is 62.3 Å². The van der Waals surface area contributed by atoms with Crippen LogP contribution < -0.4 is 5.32 Å². The van der Waals surface area contributed by atoms with Crippen molar-refractivity contribution in [2.45, 2.75) is 45.6 Å². The Balaban J connectivity index is 1.94. The summed E-state index contributed by atoms with van der Waals surface area (Å²) in [6, 6.07) is 0.328. The summed E-state index contributed by atoms with van der Waals surface area (Å²) in [7, 11) is 0. The first kappa shape index (κ1) is 14.0. The van der Waals surface area contributed by atoms with Crippen molar-refractivity contribution in [3.05, 3.63) is 11.1 Å². The van der Waals surface area contributed by atoms with Crippen molar-refractivity contribution in [1.29, 1.82) is 0 Å². The van der Waals surface area contributed by atoms with Crippen LogP contribution in [0.15, 0.2) is 5.38 Å². The monoisotopic (exact) mass is 281 g/mol. The maximum atomic E-state index is 12.2. The summed E-state index contributed by atoms with van der Waals surface area (Å²) in [6.45, 7) is 4.39. The molecule has 0 aromatic carbocycles. The smallest absolute Gasteiger partial charge is 0.228 e. The fourth-order valence-electron chi connectivity index (χ4n) is 2.32. The Hall–Kier alpha value is -1.43. The van der Waals surface area contributed by atoms with E-state index in [4.69, 9.17) is 0 Å². The number of amides is 2. The minimum atomic E-state index is -0.142. The van der Waals surface area contributed by atoms with Gasteiger partial charge in [-0.05, 0) is 26.2 Å². The zero-order chi connectivity index (χ0) is 13.8. The van der Waals surface area contributed by atoms with Crippen molar-refractivity contribution in [2.24, 2.45) is 0 Å². The number of thiazole rings is 1. The number of hydrogen-bond donors (Lipinski definition) is 1. The molecule has 1 aliphatic heterocycles. The Labute approximate surface area is 117 Å². The van der Waals surface area contributed by atoms with Crippen molar-refractivity contribution < 1.29 is 9.59 Å². The molecule has 0 radical (unpaired) electrons. The Bertz CT molecular complexity index is 472. The highest BCUT2D eigenvalue weighted by atomic mass is 32.1. The normalized spacial score (nSPS) is 19.3. The van der Waals surface area contributed by atoms with E-state index in [1.54, 1.807) is 0 Å². The highest BCUT2D eigenvalue weighted by molar-refractivity contribution is 7.13. The lowest BCUT2D eigenvalue weighted by Gasteiger charge is -2.33. The third-order valence-electron chi connectivity index (χ3n) is 3.29. The van der Waals surface area contributed by atoms with Crippen LogP contribution in [0.5, 0.6) is 0 Å². The van der Waals surface area contributed by atoms with E-state index in [0.29, 0.717) is 17.6 Å². The van der Waals surface area contributed by atoms with E-state index in [9.17, 15) is 9.59 Å². The minimum Gasteiger partial charge on any atom is -0.340 e. The number of rotatable bonds is 3. The van der Waals surface area contributed by atoms with Crippen LogP contribution in [-0.4, -0.2) is 34.3 Å². The minimum absolute atomic E-state index is 0.131. The third-order valence-corrected chi connectivity index (χ3v) is 4.10. The molecule has 1 fully saturated rings. The van der Waals surface area contributed by atoms with Crippen molar-refractivity contribution in [2.75, 3.05) is 11.9 Å². The lowest BCUT2D eigenvalue weighted by Crippen LogP contribution is -2.42. The van der Waals surface area contributed by atoms with Gasteiger partial charge in [0.25, 0.3) is 0 Å². The molecule has 2 heterocycles.